The molecule has 3 rings (SSSR count). The highest BCUT2D eigenvalue weighted by atomic mass is 16.5. The number of carbonyl (C=O) groups is 1. The van der Waals surface area contributed by atoms with Crippen LogP contribution in [-0.4, -0.2) is 19.6 Å². The van der Waals surface area contributed by atoms with Gasteiger partial charge in [-0.15, -0.1) is 0 Å². The van der Waals surface area contributed by atoms with Gasteiger partial charge in [0, 0.05) is 11.8 Å². The average Bonchev–Trinajstić information content (AvgIpc) is 2.77. The summed E-state index contributed by atoms with van der Waals surface area (Å²) in [6.45, 7) is 0.177. The Bertz CT molecular complexity index is 1030. The van der Waals surface area contributed by atoms with E-state index in [0.717, 1.165) is 5.56 Å². The summed E-state index contributed by atoms with van der Waals surface area (Å²) in [5, 5.41) is 11.7. The van der Waals surface area contributed by atoms with E-state index in [4.69, 9.17) is 19.5 Å². The van der Waals surface area contributed by atoms with Crippen LogP contribution in [0.3, 0.4) is 0 Å². The van der Waals surface area contributed by atoms with Gasteiger partial charge in [0.05, 0.1) is 18.7 Å². The first-order chi connectivity index (χ1) is 14.2. The molecule has 29 heavy (non-hydrogen) atoms. The van der Waals surface area contributed by atoms with Gasteiger partial charge in [0.25, 0.3) is 5.91 Å². The SMILES string of the molecule is COc1ccccc1OCC(=O)Nc1cccc(OCc2cccc(C#N)c2)c1. The molecular weight excluding hydrogens is 368 g/mol. The standard InChI is InChI=1S/C23H20N2O4/c1-27-21-10-2-3-11-22(21)29-16-23(26)25-19-8-5-9-20(13-19)28-15-18-7-4-6-17(12-18)14-24/h2-13H,15-16H2,1H3,(H,25,26). The minimum absolute atomic E-state index is 0.146. The molecule has 0 saturated heterocycles. The lowest BCUT2D eigenvalue weighted by atomic mass is 10.1. The number of ether oxygens (including phenoxy) is 3. The van der Waals surface area contributed by atoms with Gasteiger partial charge in [-0.05, 0) is 42.0 Å². The molecule has 0 bridgehead atoms. The number of anilines is 1. The first-order valence-electron chi connectivity index (χ1n) is 8.95. The Hall–Kier alpha value is -3.98. The molecule has 0 unspecified atom stereocenters. The summed E-state index contributed by atoms with van der Waals surface area (Å²) in [4.78, 5) is 12.2. The van der Waals surface area contributed by atoms with Gasteiger partial charge in [-0.25, -0.2) is 0 Å². The third-order valence-corrected chi connectivity index (χ3v) is 4.01. The Morgan fingerprint density at radius 3 is 2.55 bits per heavy atom. The summed E-state index contributed by atoms with van der Waals surface area (Å²) >= 11 is 0. The van der Waals surface area contributed by atoms with E-state index in [1.54, 1.807) is 55.6 Å². The summed E-state index contributed by atoms with van der Waals surface area (Å²) in [5.41, 5.74) is 2.08. The first kappa shape index (κ1) is 19.8. The van der Waals surface area contributed by atoms with Crippen LogP contribution in [0.15, 0.2) is 72.8 Å². The second kappa shape index (κ2) is 9.81. The fourth-order valence-corrected chi connectivity index (χ4v) is 2.64. The number of nitriles is 1. The molecule has 0 heterocycles. The second-order valence-corrected chi connectivity index (χ2v) is 6.12. The molecule has 0 radical (unpaired) electrons. The van der Waals surface area contributed by atoms with E-state index in [1.807, 2.05) is 24.3 Å². The molecule has 0 aliphatic carbocycles. The molecule has 146 valence electrons. The number of hydrogen-bond acceptors (Lipinski definition) is 5. The molecule has 1 amide bonds. The van der Waals surface area contributed by atoms with Crippen LogP contribution in [-0.2, 0) is 11.4 Å². The van der Waals surface area contributed by atoms with Crippen LogP contribution >= 0.6 is 0 Å². The van der Waals surface area contributed by atoms with Crippen molar-refractivity contribution >= 4 is 11.6 Å². The Morgan fingerprint density at radius 1 is 0.966 bits per heavy atom. The molecular formula is C23H20N2O4. The summed E-state index contributed by atoms with van der Waals surface area (Å²) in [5.74, 6) is 1.38. The molecule has 0 atom stereocenters. The Kier molecular flexibility index (Phi) is 6.69. The maximum absolute atomic E-state index is 12.2. The van der Waals surface area contributed by atoms with Crippen molar-refractivity contribution < 1.29 is 19.0 Å². The van der Waals surface area contributed by atoms with E-state index in [1.165, 1.54) is 0 Å². The van der Waals surface area contributed by atoms with Gasteiger partial charge in [-0.3, -0.25) is 4.79 Å². The number of carbonyl (C=O) groups excluding carboxylic acids is 1. The van der Waals surface area contributed by atoms with Gasteiger partial charge in [0.15, 0.2) is 18.1 Å². The van der Waals surface area contributed by atoms with Crippen molar-refractivity contribution in [3.8, 4) is 23.3 Å². The van der Waals surface area contributed by atoms with Crippen molar-refractivity contribution in [1.82, 2.24) is 0 Å². The van der Waals surface area contributed by atoms with Crippen molar-refractivity contribution in [2.75, 3.05) is 19.0 Å². The van der Waals surface area contributed by atoms with Crippen LogP contribution in [0, 0.1) is 11.3 Å². The Balaban J connectivity index is 1.55. The maximum Gasteiger partial charge on any atom is 0.262 e. The smallest absolute Gasteiger partial charge is 0.262 e. The normalized spacial score (nSPS) is 9.93. The fraction of sp³-hybridized carbons (Fsp3) is 0.130. The number of para-hydroxylation sites is 2. The molecule has 0 aliphatic heterocycles. The lowest BCUT2D eigenvalue weighted by Gasteiger charge is -2.11. The molecule has 3 aromatic carbocycles. The van der Waals surface area contributed by atoms with Crippen LogP contribution in [0.5, 0.6) is 17.2 Å². The largest absolute Gasteiger partial charge is 0.493 e. The van der Waals surface area contributed by atoms with Crippen LogP contribution in [0.25, 0.3) is 0 Å². The molecule has 0 spiro atoms. The van der Waals surface area contributed by atoms with Crippen molar-refractivity contribution in [3.05, 3.63) is 83.9 Å². The predicted octanol–water partition coefficient (Wildman–Crippen LogP) is 4.16. The van der Waals surface area contributed by atoms with E-state index >= 15 is 0 Å². The fourth-order valence-electron chi connectivity index (χ4n) is 2.64. The summed E-state index contributed by atoms with van der Waals surface area (Å²) in [7, 11) is 1.55. The number of nitrogens with one attached hydrogen (secondary N) is 1. The summed E-state index contributed by atoms with van der Waals surface area (Å²) in [6, 6.07) is 23.6. The summed E-state index contributed by atoms with van der Waals surface area (Å²) < 4.78 is 16.5. The molecule has 0 fully saturated rings. The van der Waals surface area contributed by atoms with Crippen LogP contribution in [0.2, 0.25) is 0 Å². The number of hydrogen-bond donors (Lipinski definition) is 1. The molecule has 0 aromatic heterocycles. The van der Waals surface area contributed by atoms with Crippen molar-refractivity contribution in [2.45, 2.75) is 6.61 Å². The highest BCUT2D eigenvalue weighted by Gasteiger charge is 2.08. The number of amides is 1. The number of methoxy groups -OCH3 is 1. The number of benzene rings is 3. The van der Waals surface area contributed by atoms with Crippen molar-refractivity contribution in [3.63, 3.8) is 0 Å². The predicted molar refractivity (Wildman–Crippen MR) is 109 cm³/mol. The molecule has 0 aliphatic rings. The lowest BCUT2D eigenvalue weighted by molar-refractivity contribution is -0.118. The number of nitrogens with zero attached hydrogens (tertiary/aromatic N) is 1. The van der Waals surface area contributed by atoms with E-state index in [0.29, 0.717) is 35.1 Å². The molecule has 6 heteroatoms. The Labute approximate surface area is 169 Å². The Morgan fingerprint density at radius 2 is 1.76 bits per heavy atom. The quantitative estimate of drug-likeness (QED) is 0.627. The van der Waals surface area contributed by atoms with Gasteiger partial charge < -0.3 is 19.5 Å². The van der Waals surface area contributed by atoms with Crippen molar-refractivity contribution in [2.24, 2.45) is 0 Å². The van der Waals surface area contributed by atoms with Gasteiger partial charge in [0.2, 0.25) is 0 Å². The third kappa shape index (κ3) is 5.75. The minimum atomic E-state index is -0.297. The van der Waals surface area contributed by atoms with Gasteiger partial charge in [0.1, 0.15) is 12.4 Å². The van der Waals surface area contributed by atoms with Gasteiger partial charge in [-0.1, -0.05) is 30.3 Å². The number of rotatable bonds is 8. The molecule has 1 N–H and O–H groups in total. The van der Waals surface area contributed by atoms with E-state index < -0.39 is 0 Å². The summed E-state index contributed by atoms with van der Waals surface area (Å²) in [6.07, 6.45) is 0. The maximum atomic E-state index is 12.2. The third-order valence-electron chi connectivity index (χ3n) is 4.01. The zero-order chi connectivity index (χ0) is 20.5. The molecule has 6 nitrogen and oxygen atoms in total. The van der Waals surface area contributed by atoms with E-state index in [2.05, 4.69) is 11.4 Å². The van der Waals surface area contributed by atoms with Gasteiger partial charge in [-0.2, -0.15) is 5.26 Å². The van der Waals surface area contributed by atoms with Gasteiger partial charge >= 0.3 is 0 Å². The van der Waals surface area contributed by atoms with Crippen LogP contribution in [0.4, 0.5) is 5.69 Å². The molecule has 3 aromatic rings. The van der Waals surface area contributed by atoms with Crippen LogP contribution in [0.1, 0.15) is 11.1 Å². The monoisotopic (exact) mass is 388 g/mol. The molecule has 0 saturated carbocycles. The minimum Gasteiger partial charge on any atom is -0.493 e. The van der Waals surface area contributed by atoms with Crippen molar-refractivity contribution in [1.29, 1.82) is 5.26 Å². The van der Waals surface area contributed by atoms with E-state index in [9.17, 15) is 4.79 Å². The lowest BCUT2D eigenvalue weighted by Crippen LogP contribution is -2.20. The highest BCUT2D eigenvalue weighted by Crippen LogP contribution is 2.25. The average molecular weight is 388 g/mol. The van der Waals surface area contributed by atoms with E-state index in [-0.39, 0.29) is 12.5 Å². The second-order valence-electron chi connectivity index (χ2n) is 6.12. The topological polar surface area (TPSA) is 80.6 Å². The highest BCUT2D eigenvalue weighted by molar-refractivity contribution is 5.92. The zero-order valence-corrected chi connectivity index (χ0v) is 15.9. The zero-order valence-electron chi connectivity index (χ0n) is 15.9. The van der Waals surface area contributed by atoms with Crippen LogP contribution < -0.4 is 19.5 Å². The first-order valence-corrected chi connectivity index (χ1v) is 8.95.